The minimum absolute atomic E-state index is 0.0905. The van der Waals surface area contributed by atoms with E-state index in [4.69, 9.17) is 27.9 Å². The molecule has 3 rings (SSSR count). The van der Waals surface area contributed by atoms with Gasteiger partial charge in [0.2, 0.25) is 0 Å². The van der Waals surface area contributed by atoms with Crippen LogP contribution in [0.15, 0.2) is 59.8 Å². The number of anilines is 1. The van der Waals surface area contributed by atoms with E-state index in [9.17, 15) is 13.2 Å². The number of benzene rings is 2. The van der Waals surface area contributed by atoms with Crippen molar-refractivity contribution in [1.82, 2.24) is 9.78 Å². The van der Waals surface area contributed by atoms with Crippen molar-refractivity contribution in [3.63, 3.8) is 0 Å². The topological polar surface area (TPSA) is 90.3 Å². The Hall–Kier alpha value is -2.55. The monoisotopic (exact) mass is 425 g/mol. The number of halogens is 2. The summed E-state index contributed by atoms with van der Waals surface area (Å²) in [5.41, 5.74) is 0.931. The average Bonchev–Trinajstić information content (AvgIpc) is 3.05. The van der Waals surface area contributed by atoms with Gasteiger partial charge in [0, 0.05) is 11.9 Å². The van der Waals surface area contributed by atoms with Gasteiger partial charge in [-0.2, -0.15) is 5.10 Å². The first-order valence-corrected chi connectivity index (χ1v) is 10.2. The highest BCUT2D eigenvalue weighted by molar-refractivity contribution is 7.90. The number of amides is 1. The van der Waals surface area contributed by atoms with E-state index in [2.05, 4.69) is 10.4 Å². The molecule has 2 aromatic carbocycles. The molecule has 1 aromatic heterocycles. The summed E-state index contributed by atoms with van der Waals surface area (Å²) >= 11 is 11.9. The van der Waals surface area contributed by atoms with Gasteiger partial charge in [0.05, 0.1) is 33.0 Å². The molecule has 0 atom stereocenters. The third-order valence-corrected chi connectivity index (χ3v) is 5.30. The molecule has 1 amide bonds. The second-order valence-electron chi connectivity index (χ2n) is 5.53. The SMILES string of the molecule is CS(=O)(=O)c1cccc(NC(=O)Oc2cnn(-c3ccc(Cl)c(Cl)c3)c2)c1. The highest BCUT2D eigenvalue weighted by Gasteiger charge is 2.11. The Balaban J connectivity index is 1.70. The van der Waals surface area contributed by atoms with Crippen LogP contribution in [0, 0.1) is 0 Å². The number of aromatic nitrogens is 2. The van der Waals surface area contributed by atoms with Gasteiger partial charge in [-0.25, -0.2) is 17.9 Å². The summed E-state index contributed by atoms with van der Waals surface area (Å²) in [6.07, 6.45) is 3.15. The van der Waals surface area contributed by atoms with E-state index in [1.54, 1.807) is 24.3 Å². The molecule has 0 saturated heterocycles. The molecule has 140 valence electrons. The number of carbonyl (C=O) groups is 1. The molecule has 27 heavy (non-hydrogen) atoms. The lowest BCUT2D eigenvalue weighted by molar-refractivity contribution is 0.215. The molecule has 0 radical (unpaired) electrons. The van der Waals surface area contributed by atoms with Crippen molar-refractivity contribution in [3.8, 4) is 11.4 Å². The first-order chi connectivity index (χ1) is 12.7. The number of hydrogen-bond acceptors (Lipinski definition) is 5. The minimum atomic E-state index is -3.38. The van der Waals surface area contributed by atoms with Crippen LogP contribution in [0.3, 0.4) is 0 Å². The summed E-state index contributed by atoms with van der Waals surface area (Å²) in [5.74, 6) is 0.192. The lowest BCUT2D eigenvalue weighted by Gasteiger charge is -2.06. The van der Waals surface area contributed by atoms with E-state index in [1.807, 2.05) is 0 Å². The predicted octanol–water partition coefficient (Wildman–Crippen LogP) is 4.19. The largest absolute Gasteiger partial charge is 0.417 e. The maximum Gasteiger partial charge on any atom is 0.417 e. The zero-order valence-corrected chi connectivity index (χ0v) is 16.2. The molecule has 0 saturated carbocycles. The maximum absolute atomic E-state index is 12.0. The highest BCUT2D eigenvalue weighted by atomic mass is 35.5. The second kappa shape index (κ2) is 7.59. The zero-order valence-electron chi connectivity index (χ0n) is 13.9. The van der Waals surface area contributed by atoms with Gasteiger partial charge in [-0.3, -0.25) is 5.32 Å². The van der Waals surface area contributed by atoms with Crippen LogP contribution < -0.4 is 10.1 Å². The Morgan fingerprint density at radius 1 is 1.15 bits per heavy atom. The molecule has 1 N–H and O–H groups in total. The number of hydrogen-bond donors (Lipinski definition) is 1. The van der Waals surface area contributed by atoms with Crippen molar-refractivity contribution >= 4 is 44.8 Å². The van der Waals surface area contributed by atoms with Crippen LogP contribution in [-0.4, -0.2) is 30.5 Å². The van der Waals surface area contributed by atoms with E-state index in [1.165, 1.54) is 35.3 Å². The normalized spacial score (nSPS) is 11.2. The van der Waals surface area contributed by atoms with E-state index in [-0.39, 0.29) is 10.6 Å². The van der Waals surface area contributed by atoms with Crippen molar-refractivity contribution in [2.75, 3.05) is 11.6 Å². The van der Waals surface area contributed by atoms with E-state index >= 15 is 0 Å². The summed E-state index contributed by atoms with van der Waals surface area (Å²) in [7, 11) is -3.38. The molecule has 0 aliphatic heterocycles. The second-order valence-corrected chi connectivity index (χ2v) is 8.36. The molecule has 0 spiro atoms. The lowest BCUT2D eigenvalue weighted by Crippen LogP contribution is -2.16. The van der Waals surface area contributed by atoms with Crippen LogP contribution in [0.2, 0.25) is 10.0 Å². The number of sulfone groups is 1. The van der Waals surface area contributed by atoms with Gasteiger partial charge in [0.15, 0.2) is 15.6 Å². The van der Waals surface area contributed by atoms with Gasteiger partial charge in [-0.05, 0) is 36.4 Å². The van der Waals surface area contributed by atoms with Gasteiger partial charge in [0.1, 0.15) is 0 Å². The van der Waals surface area contributed by atoms with Crippen LogP contribution >= 0.6 is 23.2 Å². The first kappa shape index (κ1) is 19.2. The van der Waals surface area contributed by atoms with E-state index < -0.39 is 15.9 Å². The van der Waals surface area contributed by atoms with Gasteiger partial charge in [-0.15, -0.1) is 0 Å². The fourth-order valence-electron chi connectivity index (χ4n) is 2.18. The molecule has 0 fully saturated rings. The van der Waals surface area contributed by atoms with Gasteiger partial charge in [0.25, 0.3) is 0 Å². The molecule has 10 heteroatoms. The molecule has 7 nitrogen and oxygen atoms in total. The van der Waals surface area contributed by atoms with Crippen molar-refractivity contribution in [2.45, 2.75) is 4.90 Å². The Kier molecular flexibility index (Phi) is 5.41. The standard InChI is InChI=1S/C17H13Cl2N3O4S/c1-27(24,25)14-4-2-3-11(7-14)21-17(23)26-13-9-20-22(10-13)12-5-6-15(18)16(19)8-12/h2-10H,1H3,(H,21,23). The van der Waals surface area contributed by atoms with E-state index in [0.717, 1.165) is 6.26 Å². The molecular weight excluding hydrogens is 413 g/mol. The first-order valence-electron chi connectivity index (χ1n) is 7.51. The summed E-state index contributed by atoms with van der Waals surface area (Å²) in [5, 5.41) is 7.35. The molecule has 0 bridgehead atoms. The Bertz CT molecular complexity index is 1110. The Morgan fingerprint density at radius 2 is 1.93 bits per heavy atom. The fraction of sp³-hybridized carbons (Fsp3) is 0.0588. The van der Waals surface area contributed by atoms with E-state index in [0.29, 0.717) is 21.4 Å². The van der Waals surface area contributed by atoms with Crippen LogP contribution in [-0.2, 0) is 9.84 Å². The van der Waals surface area contributed by atoms with Gasteiger partial charge < -0.3 is 4.74 Å². The number of nitrogens with zero attached hydrogens (tertiary/aromatic N) is 2. The fourth-order valence-corrected chi connectivity index (χ4v) is 3.14. The third kappa shape index (κ3) is 4.79. The van der Waals surface area contributed by atoms with Crippen LogP contribution in [0.1, 0.15) is 0 Å². The Labute approximate surface area is 165 Å². The van der Waals surface area contributed by atoms with Crippen molar-refractivity contribution in [1.29, 1.82) is 0 Å². The van der Waals surface area contributed by atoms with Crippen molar-refractivity contribution < 1.29 is 17.9 Å². The summed E-state index contributed by atoms with van der Waals surface area (Å²) in [6, 6.07) is 10.8. The number of rotatable bonds is 4. The predicted molar refractivity (Wildman–Crippen MR) is 103 cm³/mol. The number of nitrogens with one attached hydrogen (secondary N) is 1. The molecule has 3 aromatic rings. The number of carbonyl (C=O) groups excluding carboxylic acids is 1. The minimum Gasteiger partial charge on any atom is -0.407 e. The van der Waals surface area contributed by atoms with Crippen LogP contribution in [0.5, 0.6) is 5.75 Å². The maximum atomic E-state index is 12.0. The van der Waals surface area contributed by atoms with Crippen molar-refractivity contribution in [3.05, 3.63) is 64.9 Å². The lowest BCUT2D eigenvalue weighted by atomic mass is 10.3. The summed E-state index contributed by atoms with van der Waals surface area (Å²) in [4.78, 5) is 12.1. The quantitative estimate of drug-likeness (QED) is 0.676. The molecule has 0 aliphatic carbocycles. The molecular formula is C17H13Cl2N3O4S. The highest BCUT2D eigenvalue weighted by Crippen LogP contribution is 2.25. The number of ether oxygens (including phenoxy) is 1. The van der Waals surface area contributed by atoms with Gasteiger partial charge >= 0.3 is 6.09 Å². The molecule has 1 heterocycles. The Morgan fingerprint density at radius 3 is 2.63 bits per heavy atom. The smallest absolute Gasteiger partial charge is 0.407 e. The third-order valence-electron chi connectivity index (χ3n) is 3.45. The molecule has 0 aliphatic rings. The molecule has 0 unspecified atom stereocenters. The zero-order chi connectivity index (χ0) is 19.6. The van der Waals surface area contributed by atoms with Crippen LogP contribution in [0.4, 0.5) is 10.5 Å². The average molecular weight is 426 g/mol. The summed E-state index contributed by atoms with van der Waals surface area (Å²) < 4.78 is 29.8. The van der Waals surface area contributed by atoms with Crippen LogP contribution in [0.25, 0.3) is 5.69 Å². The van der Waals surface area contributed by atoms with Gasteiger partial charge in [-0.1, -0.05) is 29.3 Å². The van der Waals surface area contributed by atoms with Crippen molar-refractivity contribution in [2.24, 2.45) is 0 Å². The summed E-state index contributed by atoms with van der Waals surface area (Å²) in [6.45, 7) is 0.